The van der Waals surface area contributed by atoms with Crippen molar-refractivity contribution in [1.29, 1.82) is 0 Å². The number of hydrogen-bond donors (Lipinski definition) is 1. The van der Waals surface area contributed by atoms with Crippen LogP contribution in [0.25, 0.3) is 10.8 Å². The first-order valence-corrected chi connectivity index (χ1v) is 6.65. The van der Waals surface area contributed by atoms with Gasteiger partial charge in [-0.1, -0.05) is 23.7 Å². The Morgan fingerprint density at radius 3 is 2.60 bits per heavy atom. The summed E-state index contributed by atoms with van der Waals surface area (Å²) in [4.78, 5) is 0. The van der Waals surface area contributed by atoms with Gasteiger partial charge in [-0.25, -0.2) is 4.39 Å². The number of rotatable bonds is 2. The van der Waals surface area contributed by atoms with Gasteiger partial charge in [-0.05, 0) is 42.3 Å². The maximum Gasteiger partial charge on any atom is 0.199 e. The van der Waals surface area contributed by atoms with Gasteiger partial charge in [0, 0.05) is 22.0 Å². The van der Waals surface area contributed by atoms with Gasteiger partial charge in [-0.15, -0.1) is 0 Å². The summed E-state index contributed by atoms with van der Waals surface area (Å²) in [6.07, 6.45) is 1.85. The molecule has 0 fully saturated rings. The molecule has 0 spiro atoms. The zero-order valence-electron chi connectivity index (χ0n) is 10.9. The predicted octanol–water partition coefficient (Wildman–Crippen LogP) is 4.50. The van der Waals surface area contributed by atoms with E-state index in [1.807, 2.05) is 25.3 Å². The third-order valence-corrected chi connectivity index (χ3v) is 3.61. The fourth-order valence-corrected chi connectivity index (χ4v) is 2.74. The van der Waals surface area contributed by atoms with Crippen molar-refractivity contribution in [2.75, 3.05) is 0 Å². The van der Waals surface area contributed by atoms with Crippen LogP contribution in [0.3, 0.4) is 0 Å². The van der Waals surface area contributed by atoms with Gasteiger partial charge in [0.25, 0.3) is 0 Å². The van der Waals surface area contributed by atoms with E-state index in [-0.39, 0.29) is 11.7 Å². The van der Waals surface area contributed by atoms with Crippen molar-refractivity contribution < 1.29 is 9.50 Å². The maximum absolute atomic E-state index is 12.9. The fourth-order valence-electron chi connectivity index (χ4n) is 2.46. The van der Waals surface area contributed by atoms with E-state index in [0.29, 0.717) is 11.6 Å². The highest BCUT2D eigenvalue weighted by Crippen LogP contribution is 2.33. The zero-order chi connectivity index (χ0) is 14.3. The molecule has 3 rings (SSSR count). The number of nitrogens with zero attached hydrogens (tertiary/aromatic N) is 1. The molecular weight excluding hydrogens is 277 g/mol. The van der Waals surface area contributed by atoms with Crippen LogP contribution < -0.4 is 0 Å². The Morgan fingerprint density at radius 2 is 1.90 bits per heavy atom. The van der Waals surface area contributed by atoms with Gasteiger partial charge >= 0.3 is 0 Å². The Kier molecular flexibility index (Phi) is 3.14. The Bertz CT molecular complexity index is 777. The minimum absolute atomic E-state index is 0.207. The number of hydrogen-bond acceptors (Lipinski definition) is 1. The van der Waals surface area contributed by atoms with Crippen LogP contribution >= 0.6 is 11.6 Å². The van der Waals surface area contributed by atoms with E-state index in [4.69, 9.17) is 11.6 Å². The first-order chi connectivity index (χ1) is 9.54. The van der Waals surface area contributed by atoms with Crippen LogP contribution in [-0.4, -0.2) is 9.67 Å². The Morgan fingerprint density at radius 1 is 1.20 bits per heavy atom. The van der Waals surface area contributed by atoms with Gasteiger partial charge in [0.15, 0.2) is 5.88 Å². The lowest BCUT2D eigenvalue weighted by Crippen LogP contribution is -1.97. The molecule has 20 heavy (non-hydrogen) atoms. The lowest BCUT2D eigenvalue weighted by Gasteiger charge is -2.05. The molecule has 0 saturated carbocycles. The van der Waals surface area contributed by atoms with Crippen LogP contribution in [0.5, 0.6) is 5.88 Å². The molecular formula is C16H13ClFNO. The van der Waals surface area contributed by atoms with Crippen LogP contribution in [-0.2, 0) is 6.54 Å². The minimum atomic E-state index is -0.265. The van der Waals surface area contributed by atoms with Gasteiger partial charge in [-0.3, -0.25) is 0 Å². The van der Waals surface area contributed by atoms with Crippen LogP contribution in [0.2, 0.25) is 5.02 Å². The average molecular weight is 290 g/mol. The maximum atomic E-state index is 12.9. The highest BCUT2D eigenvalue weighted by Gasteiger charge is 2.11. The number of benzene rings is 2. The molecule has 2 aromatic carbocycles. The third kappa shape index (κ3) is 2.25. The number of fused-ring (bicyclic) bond motifs is 1. The van der Waals surface area contributed by atoms with E-state index >= 15 is 0 Å². The molecule has 0 aliphatic rings. The van der Waals surface area contributed by atoms with Crippen molar-refractivity contribution in [3.8, 4) is 5.88 Å². The van der Waals surface area contributed by atoms with E-state index in [1.165, 1.54) is 12.1 Å². The molecule has 2 nitrogen and oxygen atoms in total. The molecule has 102 valence electrons. The minimum Gasteiger partial charge on any atom is -0.494 e. The van der Waals surface area contributed by atoms with E-state index in [0.717, 1.165) is 21.9 Å². The van der Waals surface area contributed by atoms with Gasteiger partial charge in [0.1, 0.15) is 5.82 Å². The average Bonchev–Trinajstić information content (AvgIpc) is 2.69. The largest absolute Gasteiger partial charge is 0.494 e. The van der Waals surface area contributed by atoms with E-state index in [1.54, 1.807) is 16.7 Å². The van der Waals surface area contributed by atoms with Gasteiger partial charge in [-0.2, -0.15) is 0 Å². The number of aromatic nitrogens is 1. The SMILES string of the molecule is Cc1cc(Cl)cc2cn(Cc3ccc(F)cc3)c(O)c12. The number of halogens is 2. The highest BCUT2D eigenvalue weighted by molar-refractivity contribution is 6.31. The second-order valence-electron chi connectivity index (χ2n) is 4.89. The molecule has 0 saturated heterocycles. The molecule has 1 aromatic heterocycles. The molecule has 3 aromatic rings. The Balaban J connectivity index is 2.06. The number of aryl methyl sites for hydroxylation is 1. The zero-order valence-corrected chi connectivity index (χ0v) is 11.7. The monoisotopic (exact) mass is 289 g/mol. The molecule has 0 aliphatic carbocycles. The first-order valence-electron chi connectivity index (χ1n) is 6.27. The lowest BCUT2D eigenvalue weighted by molar-refractivity contribution is 0.430. The highest BCUT2D eigenvalue weighted by atomic mass is 35.5. The van der Waals surface area contributed by atoms with Gasteiger partial charge in [0.2, 0.25) is 0 Å². The molecule has 1 heterocycles. The topological polar surface area (TPSA) is 25.2 Å². The van der Waals surface area contributed by atoms with Crippen molar-refractivity contribution in [3.05, 3.63) is 64.6 Å². The van der Waals surface area contributed by atoms with E-state index in [2.05, 4.69) is 0 Å². The number of aromatic hydroxyl groups is 1. The van der Waals surface area contributed by atoms with Crippen molar-refractivity contribution in [3.63, 3.8) is 0 Å². The quantitative estimate of drug-likeness (QED) is 0.738. The fraction of sp³-hybridized carbons (Fsp3) is 0.125. The summed E-state index contributed by atoms with van der Waals surface area (Å²) >= 11 is 6.03. The van der Waals surface area contributed by atoms with Gasteiger partial charge < -0.3 is 9.67 Å². The molecule has 1 N–H and O–H groups in total. The summed E-state index contributed by atoms with van der Waals surface area (Å²) in [6.45, 7) is 2.40. The molecule has 0 atom stereocenters. The molecule has 4 heteroatoms. The Labute approximate surface area is 121 Å². The van der Waals surface area contributed by atoms with Gasteiger partial charge in [0.05, 0.1) is 6.54 Å². The molecule has 0 radical (unpaired) electrons. The summed E-state index contributed by atoms with van der Waals surface area (Å²) in [5, 5.41) is 12.7. The smallest absolute Gasteiger partial charge is 0.199 e. The molecule has 0 bridgehead atoms. The summed E-state index contributed by atoms with van der Waals surface area (Å²) < 4.78 is 14.6. The second-order valence-corrected chi connectivity index (χ2v) is 5.33. The van der Waals surface area contributed by atoms with Crippen LogP contribution in [0.15, 0.2) is 42.6 Å². The second kappa shape index (κ2) is 4.84. The summed E-state index contributed by atoms with van der Waals surface area (Å²) in [6, 6.07) is 9.89. The van der Waals surface area contributed by atoms with E-state index < -0.39 is 0 Å². The lowest BCUT2D eigenvalue weighted by atomic mass is 10.1. The van der Waals surface area contributed by atoms with E-state index in [9.17, 15) is 9.50 Å². The Hall–Kier alpha value is -2.00. The third-order valence-electron chi connectivity index (χ3n) is 3.39. The van der Waals surface area contributed by atoms with Crippen molar-refractivity contribution >= 4 is 22.4 Å². The molecule has 0 unspecified atom stereocenters. The van der Waals surface area contributed by atoms with Crippen LogP contribution in [0, 0.1) is 12.7 Å². The standard InChI is InChI=1S/C16H13ClFNO/c1-10-6-13(17)7-12-9-19(16(20)15(10)12)8-11-2-4-14(18)5-3-11/h2-7,9,20H,8H2,1H3. The normalized spacial score (nSPS) is 11.2. The summed E-state index contributed by atoms with van der Waals surface area (Å²) in [5.41, 5.74) is 1.86. The van der Waals surface area contributed by atoms with Crippen molar-refractivity contribution in [1.82, 2.24) is 4.57 Å². The van der Waals surface area contributed by atoms with Crippen molar-refractivity contribution in [2.45, 2.75) is 13.5 Å². The summed E-state index contributed by atoms with van der Waals surface area (Å²) in [5.74, 6) is -0.0586. The molecule has 0 amide bonds. The summed E-state index contributed by atoms with van der Waals surface area (Å²) in [7, 11) is 0. The molecule has 0 aliphatic heterocycles. The first kappa shape index (κ1) is 13.0. The van der Waals surface area contributed by atoms with Crippen LogP contribution in [0.1, 0.15) is 11.1 Å². The van der Waals surface area contributed by atoms with Crippen LogP contribution in [0.4, 0.5) is 4.39 Å². The van der Waals surface area contributed by atoms with Crippen molar-refractivity contribution in [2.24, 2.45) is 0 Å². The predicted molar refractivity (Wildman–Crippen MR) is 78.9 cm³/mol.